The molecule has 2 N–H and O–H groups in total. The summed E-state index contributed by atoms with van der Waals surface area (Å²) in [5.74, 6) is 0.248. The molecule has 1 saturated carbocycles. The normalized spacial score (nSPS) is 13.8. The van der Waals surface area contributed by atoms with Gasteiger partial charge < -0.3 is 10.6 Å². The number of aromatic nitrogens is 5. The van der Waals surface area contributed by atoms with Gasteiger partial charge in [-0.1, -0.05) is 6.07 Å². The lowest BCUT2D eigenvalue weighted by Gasteiger charge is -2.12. The fraction of sp³-hybridized carbons (Fsp3) is 0.227. The van der Waals surface area contributed by atoms with Gasteiger partial charge >= 0.3 is 6.18 Å². The molecule has 1 aromatic carbocycles. The van der Waals surface area contributed by atoms with E-state index in [0.29, 0.717) is 28.1 Å². The number of amides is 1. The third-order valence-electron chi connectivity index (χ3n) is 5.32. The maximum atomic E-state index is 13.1. The first kappa shape index (κ1) is 20.9. The van der Waals surface area contributed by atoms with E-state index >= 15 is 0 Å². The molecule has 1 fully saturated rings. The first-order valence-electron chi connectivity index (χ1n) is 10.2. The molecule has 11 heteroatoms. The van der Waals surface area contributed by atoms with Crippen molar-refractivity contribution in [2.45, 2.75) is 32.0 Å². The van der Waals surface area contributed by atoms with Crippen LogP contribution in [0.5, 0.6) is 0 Å². The zero-order valence-corrected chi connectivity index (χ0v) is 17.4. The number of hydrogen-bond donors (Lipinski definition) is 2. The average Bonchev–Trinajstić information content (AvgIpc) is 3.49. The zero-order valence-electron chi connectivity index (χ0n) is 17.4. The van der Waals surface area contributed by atoms with Crippen molar-refractivity contribution < 1.29 is 18.0 Å². The number of benzene rings is 1. The SMILES string of the molecule is Cc1ccc(C(=O)NC2CC2)cc1Nc1ncnc2c1cnn2-c1cc(C(F)(F)F)ccn1. The number of nitrogens with one attached hydrogen (secondary N) is 2. The molecule has 3 heterocycles. The summed E-state index contributed by atoms with van der Waals surface area (Å²) in [5, 5.41) is 10.8. The molecule has 0 unspecified atom stereocenters. The summed E-state index contributed by atoms with van der Waals surface area (Å²) < 4.78 is 40.6. The largest absolute Gasteiger partial charge is 0.416 e. The Morgan fingerprint density at radius 1 is 1.12 bits per heavy atom. The molecule has 0 saturated heterocycles. The topological polar surface area (TPSA) is 97.6 Å². The molecule has 0 bridgehead atoms. The highest BCUT2D eigenvalue weighted by Gasteiger charge is 2.31. The van der Waals surface area contributed by atoms with E-state index in [2.05, 4.69) is 30.7 Å². The van der Waals surface area contributed by atoms with Crippen LogP contribution < -0.4 is 10.6 Å². The van der Waals surface area contributed by atoms with Crippen molar-refractivity contribution in [3.8, 4) is 5.82 Å². The van der Waals surface area contributed by atoms with Crippen molar-refractivity contribution in [2.24, 2.45) is 0 Å². The summed E-state index contributed by atoms with van der Waals surface area (Å²) in [5.41, 5.74) is 1.53. The first-order chi connectivity index (χ1) is 15.8. The lowest BCUT2D eigenvalue weighted by atomic mass is 10.1. The Balaban J connectivity index is 1.49. The molecule has 4 aromatic rings. The van der Waals surface area contributed by atoms with Crippen LogP contribution in [0, 0.1) is 6.92 Å². The minimum absolute atomic E-state index is 0.0144. The Labute approximate surface area is 185 Å². The molecule has 168 valence electrons. The molecule has 0 aliphatic heterocycles. The molecule has 0 spiro atoms. The maximum absolute atomic E-state index is 13.1. The zero-order chi connectivity index (χ0) is 23.2. The van der Waals surface area contributed by atoms with E-state index in [-0.39, 0.29) is 17.8 Å². The van der Waals surface area contributed by atoms with Crippen molar-refractivity contribution in [1.82, 2.24) is 30.0 Å². The summed E-state index contributed by atoms with van der Waals surface area (Å²) in [7, 11) is 0. The maximum Gasteiger partial charge on any atom is 0.416 e. The number of fused-ring (bicyclic) bond motifs is 1. The van der Waals surface area contributed by atoms with Gasteiger partial charge in [-0.3, -0.25) is 4.79 Å². The minimum atomic E-state index is -4.50. The molecule has 1 amide bonds. The van der Waals surface area contributed by atoms with Crippen LogP contribution in [0.2, 0.25) is 0 Å². The highest BCUT2D eigenvalue weighted by Crippen LogP contribution is 2.31. The predicted molar refractivity (Wildman–Crippen MR) is 114 cm³/mol. The van der Waals surface area contributed by atoms with Gasteiger partial charge in [-0.15, -0.1) is 0 Å². The fourth-order valence-corrected chi connectivity index (χ4v) is 3.34. The van der Waals surface area contributed by atoms with E-state index in [9.17, 15) is 18.0 Å². The van der Waals surface area contributed by atoms with Crippen molar-refractivity contribution in [1.29, 1.82) is 0 Å². The molecular formula is C22H18F3N7O. The van der Waals surface area contributed by atoms with Crippen molar-refractivity contribution in [3.05, 3.63) is 65.7 Å². The summed E-state index contributed by atoms with van der Waals surface area (Å²) in [6.07, 6.45) is 1.30. The predicted octanol–water partition coefficient (Wildman–Crippen LogP) is 4.17. The Morgan fingerprint density at radius 2 is 1.94 bits per heavy atom. The molecule has 1 aliphatic carbocycles. The molecule has 0 atom stereocenters. The third kappa shape index (κ3) is 4.21. The Kier molecular flexibility index (Phi) is 4.95. The van der Waals surface area contributed by atoms with Crippen LogP contribution in [0.25, 0.3) is 16.9 Å². The Hall–Kier alpha value is -4.02. The second kappa shape index (κ2) is 7.84. The summed E-state index contributed by atoms with van der Waals surface area (Å²) >= 11 is 0. The van der Waals surface area contributed by atoms with E-state index in [1.807, 2.05) is 13.0 Å². The van der Waals surface area contributed by atoms with Gasteiger partial charge in [0.1, 0.15) is 12.1 Å². The molecule has 0 radical (unpaired) electrons. The Bertz CT molecular complexity index is 1360. The van der Waals surface area contributed by atoms with Gasteiger partial charge in [-0.25, -0.2) is 15.0 Å². The standard InChI is InChI=1S/C22H18F3N7O/c1-12-2-3-13(21(33)30-15-4-5-15)8-17(12)31-19-16-10-29-32(20(16)28-11-27-19)18-9-14(6-7-26-18)22(23,24)25/h2-3,6-11,15H,4-5H2,1H3,(H,30,33)(H,27,28,31). The summed E-state index contributed by atoms with van der Waals surface area (Å²) in [4.78, 5) is 24.9. The van der Waals surface area contributed by atoms with Crippen LogP contribution in [-0.2, 0) is 6.18 Å². The molecule has 3 aromatic heterocycles. The van der Waals surface area contributed by atoms with Gasteiger partial charge in [0.2, 0.25) is 0 Å². The van der Waals surface area contributed by atoms with Crippen LogP contribution in [0.15, 0.2) is 49.1 Å². The van der Waals surface area contributed by atoms with E-state index in [1.165, 1.54) is 17.2 Å². The lowest BCUT2D eigenvalue weighted by molar-refractivity contribution is -0.137. The van der Waals surface area contributed by atoms with Crippen LogP contribution in [0.4, 0.5) is 24.7 Å². The number of aryl methyl sites for hydroxylation is 1. The van der Waals surface area contributed by atoms with Gasteiger partial charge in [0.25, 0.3) is 5.91 Å². The second-order valence-electron chi connectivity index (χ2n) is 7.82. The number of alkyl halides is 3. The van der Waals surface area contributed by atoms with E-state index in [1.54, 1.807) is 12.1 Å². The quantitative estimate of drug-likeness (QED) is 0.471. The monoisotopic (exact) mass is 453 g/mol. The Morgan fingerprint density at radius 3 is 2.70 bits per heavy atom. The van der Waals surface area contributed by atoms with Crippen LogP contribution >= 0.6 is 0 Å². The van der Waals surface area contributed by atoms with Gasteiger partial charge in [0.05, 0.1) is 17.1 Å². The molecule has 8 nitrogen and oxygen atoms in total. The minimum Gasteiger partial charge on any atom is -0.349 e. The van der Waals surface area contributed by atoms with Gasteiger partial charge in [0.15, 0.2) is 11.5 Å². The first-order valence-corrected chi connectivity index (χ1v) is 10.2. The number of anilines is 2. The number of halogens is 3. The number of carbonyl (C=O) groups excluding carboxylic acids is 1. The average molecular weight is 453 g/mol. The number of rotatable bonds is 5. The molecule has 5 rings (SSSR count). The highest BCUT2D eigenvalue weighted by atomic mass is 19.4. The van der Waals surface area contributed by atoms with Gasteiger partial charge in [0, 0.05) is 23.5 Å². The van der Waals surface area contributed by atoms with Crippen LogP contribution in [0.1, 0.15) is 34.3 Å². The van der Waals surface area contributed by atoms with Crippen molar-refractivity contribution in [3.63, 3.8) is 0 Å². The summed E-state index contributed by atoms with van der Waals surface area (Å²) in [6, 6.07) is 7.37. The van der Waals surface area contributed by atoms with E-state index in [4.69, 9.17) is 0 Å². The third-order valence-corrected chi connectivity index (χ3v) is 5.32. The lowest BCUT2D eigenvalue weighted by Crippen LogP contribution is -2.25. The van der Waals surface area contributed by atoms with E-state index < -0.39 is 11.7 Å². The van der Waals surface area contributed by atoms with Crippen LogP contribution in [0.3, 0.4) is 0 Å². The molecule has 1 aliphatic rings. The van der Waals surface area contributed by atoms with Gasteiger partial charge in [-0.2, -0.15) is 23.0 Å². The van der Waals surface area contributed by atoms with Gasteiger partial charge in [-0.05, 0) is 49.6 Å². The van der Waals surface area contributed by atoms with E-state index in [0.717, 1.165) is 36.7 Å². The number of hydrogen-bond acceptors (Lipinski definition) is 6. The highest BCUT2D eigenvalue weighted by molar-refractivity contribution is 5.96. The molecule has 33 heavy (non-hydrogen) atoms. The number of nitrogens with zero attached hydrogens (tertiary/aromatic N) is 5. The molecular weight excluding hydrogens is 435 g/mol. The number of carbonyl (C=O) groups is 1. The fourth-order valence-electron chi connectivity index (χ4n) is 3.34. The summed E-state index contributed by atoms with van der Waals surface area (Å²) in [6.45, 7) is 1.89. The second-order valence-corrected chi connectivity index (χ2v) is 7.82. The smallest absolute Gasteiger partial charge is 0.349 e. The number of pyridine rings is 1. The van der Waals surface area contributed by atoms with Crippen molar-refractivity contribution >= 4 is 28.4 Å². The van der Waals surface area contributed by atoms with Crippen LogP contribution in [-0.4, -0.2) is 36.7 Å². The van der Waals surface area contributed by atoms with Crippen molar-refractivity contribution in [2.75, 3.05) is 5.32 Å².